The Labute approximate surface area is 142 Å². The monoisotopic (exact) mass is 325 g/mol. The van der Waals surface area contributed by atoms with Gasteiger partial charge in [-0.25, -0.2) is 4.39 Å². The van der Waals surface area contributed by atoms with Gasteiger partial charge in [-0.3, -0.25) is 4.79 Å². The van der Waals surface area contributed by atoms with E-state index in [4.69, 9.17) is 0 Å². The predicted molar refractivity (Wildman–Crippen MR) is 93.3 cm³/mol. The molecule has 0 aliphatic carbocycles. The van der Waals surface area contributed by atoms with Gasteiger partial charge in [0.15, 0.2) is 0 Å². The maximum absolute atomic E-state index is 12.9. The minimum atomic E-state index is -0.314. The number of benzene rings is 2. The minimum Gasteiger partial charge on any atom is -0.329 e. The quantitative estimate of drug-likeness (QED) is 0.912. The van der Waals surface area contributed by atoms with E-state index in [1.165, 1.54) is 22.6 Å². The summed E-state index contributed by atoms with van der Waals surface area (Å²) in [5.41, 5.74) is 1.77. The number of quaternary nitrogens is 1. The molecule has 1 aliphatic heterocycles. The van der Waals surface area contributed by atoms with Crippen molar-refractivity contribution >= 4 is 12.0 Å². The molecule has 1 heterocycles. The molecular weight excluding hydrogens is 303 g/mol. The third-order valence-electron chi connectivity index (χ3n) is 4.37. The molecule has 0 saturated carbocycles. The Hall–Kier alpha value is -2.46. The van der Waals surface area contributed by atoms with Gasteiger partial charge in [-0.1, -0.05) is 36.4 Å². The number of hydrogen-bond acceptors (Lipinski definition) is 1. The Balaban J connectivity index is 1.48. The van der Waals surface area contributed by atoms with E-state index in [1.807, 2.05) is 23.1 Å². The Kier molecular flexibility index (Phi) is 5.39. The zero-order chi connectivity index (χ0) is 16.8. The molecule has 124 valence electrons. The van der Waals surface area contributed by atoms with Gasteiger partial charge in [-0.05, 0) is 35.9 Å². The SMILES string of the molecule is O=C(c1ccc(F)cc1)N1CC[NH+](C/C=C/c2ccccc2)CC1. The summed E-state index contributed by atoms with van der Waals surface area (Å²) in [6.45, 7) is 4.32. The van der Waals surface area contributed by atoms with E-state index >= 15 is 0 Å². The molecule has 0 unspecified atom stereocenters. The minimum absolute atomic E-state index is 0.00567. The fourth-order valence-corrected chi connectivity index (χ4v) is 2.93. The van der Waals surface area contributed by atoms with Crippen LogP contribution in [0.2, 0.25) is 0 Å². The number of carbonyl (C=O) groups excluding carboxylic acids is 1. The van der Waals surface area contributed by atoms with Crippen LogP contribution >= 0.6 is 0 Å². The van der Waals surface area contributed by atoms with E-state index in [0.29, 0.717) is 5.56 Å². The van der Waals surface area contributed by atoms with E-state index < -0.39 is 0 Å². The zero-order valence-electron chi connectivity index (χ0n) is 13.6. The highest BCUT2D eigenvalue weighted by Gasteiger charge is 2.23. The highest BCUT2D eigenvalue weighted by Crippen LogP contribution is 2.07. The second-order valence-electron chi connectivity index (χ2n) is 6.07. The number of hydrogen-bond donors (Lipinski definition) is 1. The second-order valence-corrected chi connectivity index (χ2v) is 6.07. The molecule has 0 spiro atoms. The maximum atomic E-state index is 12.9. The predicted octanol–water partition coefficient (Wildman–Crippen LogP) is 1.88. The van der Waals surface area contributed by atoms with Gasteiger partial charge in [0.25, 0.3) is 5.91 Å². The van der Waals surface area contributed by atoms with Gasteiger partial charge in [0, 0.05) is 5.56 Å². The van der Waals surface area contributed by atoms with Crippen molar-refractivity contribution in [2.24, 2.45) is 0 Å². The van der Waals surface area contributed by atoms with E-state index in [-0.39, 0.29) is 11.7 Å². The number of amides is 1. The average Bonchev–Trinajstić information content (AvgIpc) is 2.63. The molecule has 1 fully saturated rings. The molecule has 3 rings (SSSR count). The van der Waals surface area contributed by atoms with Crippen LogP contribution in [0.4, 0.5) is 4.39 Å². The second kappa shape index (κ2) is 7.88. The third kappa shape index (κ3) is 4.30. The Morgan fingerprint density at radius 1 is 1.04 bits per heavy atom. The molecule has 0 atom stereocenters. The summed E-state index contributed by atoms with van der Waals surface area (Å²) in [6, 6.07) is 16.0. The summed E-state index contributed by atoms with van der Waals surface area (Å²) in [6.07, 6.45) is 4.34. The summed E-state index contributed by atoms with van der Waals surface area (Å²) in [4.78, 5) is 15.7. The molecule has 24 heavy (non-hydrogen) atoms. The summed E-state index contributed by atoms with van der Waals surface area (Å²) in [5, 5.41) is 0. The van der Waals surface area contributed by atoms with E-state index in [9.17, 15) is 9.18 Å². The summed E-state index contributed by atoms with van der Waals surface area (Å²) in [5.74, 6) is -0.320. The lowest BCUT2D eigenvalue weighted by atomic mass is 10.1. The van der Waals surface area contributed by atoms with Gasteiger partial charge in [-0.2, -0.15) is 0 Å². The van der Waals surface area contributed by atoms with Crippen molar-refractivity contribution in [1.82, 2.24) is 4.90 Å². The van der Waals surface area contributed by atoms with Gasteiger partial charge in [0.2, 0.25) is 0 Å². The number of nitrogens with one attached hydrogen (secondary N) is 1. The fraction of sp³-hybridized carbons (Fsp3) is 0.250. The lowest BCUT2D eigenvalue weighted by molar-refractivity contribution is -0.898. The van der Waals surface area contributed by atoms with Crippen LogP contribution in [-0.2, 0) is 0 Å². The number of carbonyl (C=O) groups is 1. The summed E-state index contributed by atoms with van der Waals surface area (Å²) >= 11 is 0. The molecular formula is C20H22FN2O+. The summed E-state index contributed by atoms with van der Waals surface area (Å²) < 4.78 is 12.9. The van der Waals surface area contributed by atoms with Crippen molar-refractivity contribution in [1.29, 1.82) is 0 Å². The van der Waals surface area contributed by atoms with Gasteiger partial charge in [-0.15, -0.1) is 0 Å². The van der Waals surface area contributed by atoms with Crippen LogP contribution in [0.3, 0.4) is 0 Å². The Morgan fingerprint density at radius 2 is 1.71 bits per heavy atom. The highest BCUT2D eigenvalue weighted by atomic mass is 19.1. The molecule has 3 nitrogen and oxygen atoms in total. The van der Waals surface area contributed by atoms with Crippen molar-refractivity contribution in [3.63, 3.8) is 0 Å². The average molecular weight is 325 g/mol. The van der Waals surface area contributed by atoms with Crippen LogP contribution < -0.4 is 4.90 Å². The zero-order valence-corrected chi connectivity index (χ0v) is 13.6. The van der Waals surface area contributed by atoms with Crippen molar-refractivity contribution in [3.05, 3.63) is 77.6 Å². The standard InChI is InChI=1S/C20H21FN2O/c21-19-10-8-18(9-11-19)20(24)23-15-13-22(14-16-23)12-4-7-17-5-2-1-3-6-17/h1-11H,12-16H2/p+1/b7-4+. The number of nitrogens with zero attached hydrogens (tertiary/aromatic N) is 1. The van der Waals surface area contributed by atoms with E-state index in [2.05, 4.69) is 24.3 Å². The van der Waals surface area contributed by atoms with Crippen LogP contribution in [0.15, 0.2) is 60.7 Å². The molecule has 1 aliphatic rings. The number of halogens is 1. The van der Waals surface area contributed by atoms with Crippen LogP contribution in [0.5, 0.6) is 0 Å². The number of rotatable bonds is 4. The summed E-state index contributed by atoms with van der Waals surface area (Å²) in [7, 11) is 0. The molecule has 0 radical (unpaired) electrons. The molecule has 2 aromatic carbocycles. The third-order valence-corrected chi connectivity index (χ3v) is 4.37. The smallest absolute Gasteiger partial charge is 0.254 e. The van der Waals surface area contributed by atoms with Crippen molar-refractivity contribution in [2.45, 2.75) is 0 Å². The van der Waals surface area contributed by atoms with Crippen LogP contribution in [0.1, 0.15) is 15.9 Å². The molecule has 4 heteroatoms. The van der Waals surface area contributed by atoms with Crippen LogP contribution in [0, 0.1) is 5.82 Å². The lowest BCUT2D eigenvalue weighted by Crippen LogP contribution is -3.14. The topological polar surface area (TPSA) is 24.8 Å². The van der Waals surface area contributed by atoms with Gasteiger partial charge >= 0.3 is 0 Å². The van der Waals surface area contributed by atoms with E-state index in [0.717, 1.165) is 32.7 Å². The first kappa shape index (κ1) is 16.4. The van der Waals surface area contributed by atoms with Crippen molar-refractivity contribution < 1.29 is 14.1 Å². The first-order valence-electron chi connectivity index (χ1n) is 8.32. The Morgan fingerprint density at radius 3 is 2.38 bits per heavy atom. The Bertz CT molecular complexity index is 689. The normalized spacial score (nSPS) is 15.8. The first-order chi connectivity index (χ1) is 11.7. The molecule has 1 amide bonds. The highest BCUT2D eigenvalue weighted by molar-refractivity contribution is 5.94. The molecule has 1 N–H and O–H groups in total. The largest absolute Gasteiger partial charge is 0.329 e. The lowest BCUT2D eigenvalue weighted by Gasteiger charge is -2.31. The van der Waals surface area contributed by atoms with Crippen molar-refractivity contribution in [2.75, 3.05) is 32.7 Å². The molecule has 2 aromatic rings. The molecule has 1 saturated heterocycles. The van der Waals surface area contributed by atoms with Crippen LogP contribution in [0.25, 0.3) is 6.08 Å². The van der Waals surface area contributed by atoms with E-state index in [1.54, 1.807) is 12.1 Å². The van der Waals surface area contributed by atoms with Gasteiger partial charge in [0.1, 0.15) is 5.82 Å². The van der Waals surface area contributed by atoms with Crippen molar-refractivity contribution in [3.8, 4) is 0 Å². The first-order valence-corrected chi connectivity index (χ1v) is 8.32. The fourth-order valence-electron chi connectivity index (χ4n) is 2.93. The molecule has 0 aromatic heterocycles. The van der Waals surface area contributed by atoms with Gasteiger partial charge in [0.05, 0.1) is 32.7 Å². The molecule has 0 bridgehead atoms. The van der Waals surface area contributed by atoms with Crippen LogP contribution in [-0.4, -0.2) is 43.5 Å². The van der Waals surface area contributed by atoms with Gasteiger partial charge < -0.3 is 9.80 Å². The number of piperazine rings is 1. The maximum Gasteiger partial charge on any atom is 0.254 e.